The van der Waals surface area contributed by atoms with E-state index >= 15 is 0 Å². The summed E-state index contributed by atoms with van der Waals surface area (Å²) in [4.78, 5) is 14.2. The number of ether oxygens (including phenoxy) is 1. The van der Waals surface area contributed by atoms with E-state index in [1.165, 1.54) is 5.56 Å². The highest BCUT2D eigenvalue weighted by Crippen LogP contribution is 2.15. The van der Waals surface area contributed by atoms with Gasteiger partial charge in [0.1, 0.15) is 11.6 Å². The van der Waals surface area contributed by atoms with Gasteiger partial charge in [-0.05, 0) is 48.9 Å². The number of anilines is 1. The molecule has 0 aliphatic carbocycles. The maximum Gasteiger partial charge on any atom is 0.191 e. The minimum absolute atomic E-state index is 0. The Hall–Kier alpha value is -2.07. The molecule has 170 valence electrons. The molecule has 2 N–H and O–H groups in total. The number of rotatable bonds is 8. The number of likely N-dealkylation sites (N-methyl/N-ethyl adjacent to an activating group) is 1. The summed E-state index contributed by atoms with van der Waals surface area (Å²) in [6, 6.07) is 12.2. The SMILES string of the molecule is CCNC(=NCc1cccc(OC)c1)NCc1ccnc(N2CCN(CC)CC2)c1.I. The molecule has 3 rings (SSSR count). The minimum Gasteiger partial charge on any atom is -0.497 e. The number of aliphatic imine (C=N–C) groups is 1. The zero-order valence-corrected chi connectivity index (χ0v) is 21.1. The van der Waals surface area contributed by atoms with Crippen molar-refractivity contribution in [2.75, 3.05) is 51.3 Å². The number of benzene rings is 1. The van der Waals surface area contributed by atoms with Crippen LogP contribution in [0.25, 0.3) is 0 Å². The van der Waals surface area contributed by atoms with Gasteiger partial charge in [0.05, 0.1) is 13.7 Å². The molecule has 0 amide bonds. The number of guanidine groups is 1. The predicted molar refractivity (Wildman–Crippen MR) is 139 cm³/mol. The molecule has 1 aliphatic rings. The number of hydrogen-bond donors (Lipinski definition) is 2. The highest BCUT2D eigenvalue weighted by molar-refractivity contribution is 14.0. The zero-order valence-electron chi connectivity index (χ0n) is 18.8. The monoisotopic (exact) mass is 538 g/mol. The molecule has 1 saturated heterocycles. The first-order valence-electron chi connectivity index (χ1n) is 10.8. The standard InChI is InChI=1S/C23H34N6O.HI/c1-4-24-23(26-17-19-7-6-8-21(15-19)30-3)27-18-20-9-10-25-22(16-20)29-13-11-28(5-2)12-14-29;/h6-10,15-16H,4-5,11-14,17-18H2,1-3H3,(H2,24,26,27);1H. The lowest BCUT2D eigenvalue weighted by Gasteiger charge is -2.34. The van der Waals surface area contributed by atoms with E-state index < -0.39 is 0 Å². The fraction of sp³-hybridized carbons (Fsp3) is 0.478. The number of methoxy groups -OCH3 is 1. The van der Waals surface area contributed by atoms with Gasteiger partial charge >= 0.3 is 0 Å². The van der Waals surface area contributed by atoms with E-state index in [1.807, 2.05) is 24.4 Å². The molecule has 0 unspecified atom stereocenters. The second-order valence-electron chi connectivity index (χ2n) is 7.34. The number of piperazine rings is 1. The van der Waals surface area contributed by atoms with E-state index in [4.69, 9.17) is 9.73 Å². The van der Waals surface area contributed by atoms with E-state index in [9.17, 15) is 0 Å². The van der Waals surface area contributed by atoms with Crippen LogP contribution in [-0.4, -0.2) is 62.2 Å². The van der Waals surface area contributed by atoms with Crippen LogP contribution in [0.5, 0.6) is 5.75 Å². The topological polar surface area (TPSA) is 65.0 Å². The Morgan fingerprint density at radius 3 is 2.58 bits per heavy atom. The molecule has 2 heterocycles. The van der Waals surface area contributed by atoms with Crippen molar-refractivity contribution in [3.05, 3.63) is 53.7 Å². The zero-order chi connectivity index (χ0) is 21.2. The van der Waals surface area contributed by atoms with E-state index in [1.54, 1.807) is 7.11 Å². The van der Waals surface area contributed by atoms with Crippen LogP contribution in [0.15, 0.2) is 47.6 Å². The average molecular weight is 538 g/mol. The summed E-state index contributed by atoms with van der Waals surface area (Å²) in [6.45, 7) is 11.8. The van der Waals surface area contributed by atoms with Crippen molar-refractivity contribution in [2.45, 2.75) is 26.9 Å². The molecule has 1 aromatic heterocycles. The van der Waals surface area contributed by atoms with Gasteiger partial charge in [-0.15, -0.1) is 24.0 Å². The van der Waals surface area contributed by atoms with Crippen LogP contribution >= 0.6 is 24.0 Å². The Balaban J connectivity index is 0.00000341. The lowest BCUT2D eigenvalue weighted by Crippen LogP contribution is -2.46. The van der Waals surface area contributed by atoms with E-state index in [0.717, 1.165) is 62.4 Å². The molecule has 1 aromatic carbocycles. The van der Waals surface area contributed by atoms with Crippen molar-refractivity contribution in [2.24, 2.45) is 4.99 Å². The molecular weight excluding hydrogens is 503 g/mol. The van der Waals surface area contributed by atoms with Gasteiger partial charge in [0, 0.05) is 45.5 Å². The lowest BCUT2D eigenvalue weighted by molar-refractivity contribution is 0.270. The number of hydrogen-bond acceptors (Lipinski definition) is 5. The van der Waals surface area contributed by atoms with Gasteiger partial charge in [-0.2, -0.15) is 0 Å². The second-order valence-corrected chi connectivity index (χ2v) is 7.34. The Bertz CT molecular complexity index is 823. The third-order valence-electron chi connectivity index (χ3n) is 5.31. The van der Waals surface area contributed by atoms with Gasteiger partial charge in [0.15, 0.2) is 5.96 Å². The summed E-state index contributed by atoms with van der Waals surface area (Å²) in [5.74, 6) is 2.71. The van der Waals surface area contributed by atoms with Crippen LogP contribution in [0.4, 0.5) is 5.82 Å². The maximum atomic E-state index is 5.30. The van der Waals surface area contributed by atoms with Crippen LogP contribution in [-0.2, 0) is 13.1 Å². The molecule has 0 saturated carbocycles. The van der Waals surface area contributed by atoms with Crippen LogP contribution < -0.4 is 20.3 Å². The summed E-state index contributed by atoms with van der Waals surface area (Å²) in [7, 11) is 1.68. The Morgan fingerprint density at radius 2 is 1.87 bits per heavy atom. The summed E-state index contributed by atoms with van der Waals surface area (Å²) in [5.41, 5.74) is 2.31. The van der Waals surface area contributed by atoms with Crippen LogP contribution in [0.2, 0.25) is 0 Å². The summed E-state index contributed by atoms with van der Waals surface area (Å²) < 4.78 is 5.30. The highest BCUT2D eigenvalue weighted by Gasteiger charge is 2.16. The first-order valence-corrected chi connectivity index (χ1v) is 10.8. The second kappa shape index (κ2) is 13.4. The maximum absolute atomic E-state index is 5.30. The quantitative estimate of drug-likeness (QED) is 0.306. The van der Waals surface area contributed by atoms with Crippen molar-refractivity contribution in [3.8, 4) is 5.75 Å². The van der Waals surface area contributed by atoms with Crippen LogP contribution in [0, 0.1) is 0 Å². The normalized spacial score (nSPS) is 14.7. The summed E-state index contributed by atoms with van der Waals surface area (Å²) >= 11 is 0. The van der Waals surface area contributed by atoms with Gasteiger partial charge in [-0.1, -0.05) is 19.1 Å². The van der Waals surface area contributed by atoms with Crippen molar-refractivity contribution < 1.29 is 4.74 Å². The van der Waals surface area contributed by atoms with Crippen molar-refractivity contribution in [3.63, 3.8) is 0 Å². The number of pyridine rings is 1. The smallest absolute Gasteiger partial charge is 0.191 e. The van der Waals surface area contributed by atoms with Crippen LogP contribution in [0.3, 0.4) is 0 Å². The van der Waals surface area contributed by atoms with Gasteiger partial charge in [0.2, 0.25) is 0 Å². The molecule has 0 bridgehead atoms. The van der Waals surface area contributed by atoms with E-state index in [2.05, 4.69) is 57.5 Å². The van der Waals surface area contributed by atoms with Crippen molar-refractivity contribution in [1.29, 1.82) is 0 Å². The van der Waals surface area contributed by atoms with Crippen LogP contribution in [0.1, 0.15) is 25.0 Å². The predicted octanol–water partition coefficient (Wildman–Crippen LogP) is 3.11. The Labute approximate surface area is 203 Å². The van der Waals surface area contributed by atoms with Gasteiger partial charge in [-0.25, -0.2) is 9.98 Å². The number of nitrogens with one attached hydrogen (secondary N) is 2. The fourth-order valence-electron chi connectivity index (χ4n) is 3.51. The molecule has 7 nitrogen and oxygen atoms in total. The van der Waals surface area contributed by atoms with Crippen molar-refractivity contribution in [1.82, 2.24) is 20.5 Å². The molecule has 0 atom stereocenters. The number of nitrogens with zero attached hydrogens (tertiary/aromatic N) is 4. The summed E-state index contributed by atoms with van der Waals surface area (Å²) in [5, 5.41) is 6.75. The van der Waals surface area contributed by atoms with E-state index in [0.29, 0.717) is 13.1 Å². The van der Waals surface area contributed by atoms with Gasteiger partial charge < -0.3 is 25.2 Å². The Kier molecular flexibility index (Phi) is 10.9. The van der Waals surface area contributed by atoms with Crippen molar-refractivity contribution >= 4 is 35.8 Å². The first-order chi connectivity index (χ1) is 14.7. The third-order valence-corrected chi connectivity index (χ3v) is 5.31. The molecule has 1 fully saturated rings. The van der Waals surface area contributed by atoms with E-state index in [-0.39, 0.29) is 24.0 Å². The molecule has 0 spiro atoms. The molecular formula is C23H35IN6O. The molecule has 31 heavy (non-hydrogen) atoms. The fourth-order valence-corrected chi connectivity index (χ4v) is 3.51. The molecule has 1 aliphatic heterocycles. The largest absolute Gasteiger partial charge is 0.497 e. The number of aromatic nitrogens is 1. The lowest BCUT2D eigenvalue weighted by atomic mass is 10.2. The minimum atomic E-state index is 0. The van der Waals surface area contributed by atoms with Gasteiger partial charge in [-0.3, -0.25) is 0 Å². The first kappa shape index (κ1) is 25.2. The Morgan fingerprint density at radius 1 is 1.06 bits per heavy atom. The molecule has 8 heteroatoms. The third kappa shape index (κ3) is 7.84. The highest BCUT2D eigenvalue weighted by atomic mass is 127. The molecule has 2 aromatic rings. The summed E-state index contributed by atoms with van der Waals surface area (Å²) in [6.07, 6.45) is 1.90. The number of halogens is 1. The molecule has 0 radical (unpaired) electrons. The van der Waals surface area contributed by atoms with Gasteiger partial charge in [0.25, 0.3) is 0 Å². The average Bonchev–Trinajstić information content (AvgIpc) is 2.81.